The number of carbonyl (C=O) groups is 1. The number of amides is 1. The van der Waals surface area contributed by atoms with Gasteiger partial charge in [-0.1, -0.05) is 24.3 Å². The van der Waals surface area contributed by atoms with Crippen LogP contribution in [-0.2, 0) is 12.8 Å². The average molecular weight is 486 g/mol. The second kappa shape index (κ2) is 8.11. The summed E-state index contributed by atoms with van der Waals surface area (Å²) in [4.78, 5) is 14.1. The summed E-state index contributed by atoms with van der Waals surface area (Å²) in [6, 6.07) is 11.8. The van der Waals surface area contributed by atoms with E-state index in [0.29, 0.717) is 26.4 Å². The summed E-state index contributed by atoms with van der Waals surface area (Å²) >= 11 is 10.4. The van der Waals surface area contributed by atoms with Crippen molar-refractivity contribution in [3.05, 3.63) is 56.4 Å². The molecule has 1 aliphatic carbocycles. The van der Waals surface area contributed by atoms with Crippen molar-refractivity contribution >= 4 is 66.3 Å². The number of benzene rings is 2. The Morgan fingerprint density at radius 3 is 2.90 bits per heavy atom. The quantitative estimate of drug-likeness (QED) is 0.501. The normalized spacial score (nSPS) is 12.3. The summed E-state index contributed by atoms with van der Waals surface area (Å²) in [5.41, 5.74) is 2.11. The first-order valence-corrected chi connectivity index (χ1v) is 11.0. The molecule has 0 fully saturated rings. The molecule has 3 aromatic rings. The zero-order chi connectivity index (χ0) is 20.5. The third-order valence-electron chi connectivity index (χ3n) is 4.88. The van der Waals surface area contributed by atoms with Crippen LogP contribution >= 0.6 is 39.5 Å². The molecule has 1 aliphatic rings. The molecule has 1 heterocycles. The predicted molar refractivity (Wildman–Crippen MR) is 123 cm³/mol. The molecule has 2 aromatic carbocycles. The molecule has 4 rings (SSSR count). The number of aryl methyl sites for hydroxylation is 1. The van der Waals surface area contributed by atoms with E-state index in [1.165, 1.54) is 23.3 Å². The van der Waals surface area contributed by atoms with Gasteiger partial charge in [0, 0.05) is 4.88 Å². The van der Waals surface area contributed by atoms with Crippen molar-refractivity contribution in [2.24, 2.45) is 0 Å². The SMILES string of the molecule is COc1c(C(=O)NC(=S)Nc2sc3c(c2C#N)CCC3)cc2ccccc2c1Br. The molecule has 0 saturated carbocycles. The minimum atomic E-state index is -0.381. The fourth-order valence-corrected chi connectivity index (χ4v) is 5.81. The molecule has 146 valence electrons. The zero-order valence-electron chi connectivity index (χ0n) is 15.5. The van der Waals surface area contributed by atoms with E-state index in [1.54, 1.807) is 6.07 Å². The smallest absolute Gasteiger partial charge is 0.261 e. The van der Waals surface area contributed by atoms with Gasteiger partial charge in [-0.25, -0.2) is 0 Å². The maximum Gasteiger partial charge on any atom is 0.261 e. The number of nitrogens with zero attached hydrogens (tertiary/aromatic N) is 1. The number of nitrogens with one attached hydrogen (secondary N) is 2. The van der Waals surface area contributed by atoms with E-state index in [9.17, 15) is 10.1 Å². The average Bonchev–Trinajstić information content (AvgIpc) is 3.28. The third-order valence-corrected chi connectivity index (χ3v) is 7.08. The van der Waals surface area contributed by atoms with Crippen molar-refractivity contribution in [3.63, 3.8) is 0 Å². The van der Waals surface area contributed by atoms with Crippen LogP contribution in [-0.4, -0.2) is 18.1 Å². The van der Waals surface area contributed by atoms with E-state index in [-0.39, 0.29) is 11.0 Å². The molecule has 0 unspecified atom stereocenters. The van der Waals surface area contributed by atoms with E-state index in [1.807, 2.05) is 24.3 Å². The van der Waals surface area contributed by atoms with E-state index in [4.69, 9.17) is 17.0 Å². The van der Waals surface area contributed by atoms with Crippen LogP contribution in [0.3, 0.4) is 0 Å². The van der Waals surface area contributed by atoms with Crippen molar-refractivity contribution in [2.75, 3.05) is 12.4 Å². The number of fused-ring (bicyclic) bond motifs is 2. The molecule has 2 N–H and O–H groups in total. The summed E-state index contributed by atoms with van der Waals surface area (Å²) in [5.74, 6) is 0.0604. The van der Waals surface area contributed by atoms with Gasteiger partial charge >= 0.3 is 0 Å². The summed E-state index contributed by atoms with van der Waals surface area (Å²) in [5, 5.41) is 17.9. The highest BCUT2D eigenvalue weighted by atomic mass is 79.9. The molecule has 29 heavy (non-hydrogen) atoms. The number of hydrogen-bond acceptors (Lipinski definition) is 5. The summed E-state index contributed by atoms with van der Waals surface area (Å²) < 4.78 is 6.18. The van der Waals surface area contributed by atoms with E-state index in [0.717, 1.165) is 35.6 Å². The highest BCUT2D eigenvalue weighted by Gasteiger charge is 2.23. The van der Waals surface area contributed by atoms with Crippen LogP contribution in [0, 0.1) is 11.3 Å². The van der Waals surface area contributed by atoms with Crippen LogP contribution in [0.1, 0.15) is 32.8 Å². The molecular formula is C21H16BrN3O2S2. The van der Waals surface area contributed by atoms with Crippen molar-refractivity contribution < 1.29 is 9.53 Å². The maximum atomic E-state index is 12.9. The Kier molecular flexibility index (Phi) is 5.54. The molecule has 5 nitrogen and oxygen atoms in total. The van der Waals surface area contributed by atoms with Crippen LogP contribution in [0.5, 0.6) is 5.75 Å². The van der Waals surface area contributed by atoms with Gasteiger partial charge in [-0.05, 0) is 69.8 Å². The fraction of sp³-hybridized carbons (Fsp3) is 0.190. The number of halogens is 1. The van der Waals surface area contributed by atoms with Gasteiger partial charge in [-0.2, -0.15) is 5.26 Å². The van der Waals surface area contributed by atoms with Crippen LogP contribution < -0.4 is 15.4 Å². The molecule has 0 aliphatic heterocycles. The Morgan fingerprint density at radius 2 is 2.14 bits per heavy atom. The van der Waals surface area contributed by atoms with Gasteiger partial charge in [-0.3, -0.25) is 10.1 Å². The van der Waals surface area contributed by atoms with Crippen molar-refractivity contribution in [3.8, 4) is 11.8 Å². The molecule has 0 radical (unpaired) electrons. The van der Waals surface area contributed by atoms with Crippen LogP contribution in [0.25, 0.3) is 10.8 Å². The molecule has 0 spiro atoms. The van der Waals surface area contributed by atoms with E-state index < -0.39 is 0 Å². The van der Waals surface area contributed by atoms with Gasteiger partial charge in [0.05, 0.1) is 22.7 Å². The van der Waals surface area contributed by atoms with Crippen LogP contribution in [0.2, 0.25) is 0 Å². The van der Waals surface area contributed by atoms with Gasteiger partial charge < -0.3 is 10.1 Å². The Balaban J connectivity index is 1.59. The van der Waals surface area contributed by atoms with Gasteiger partial charge in [0.15, 0.2) is 5.11 Å². The lowest BCUT2D eigenvalue weighted by Crippen LogP contribution is -2.34. The lowest BCUT2D eigenvalue weighted by molar-refractivity contribution is 0.0975. The van der Waals surface area contributed by atoms with Crippen molar-refractivity contribution in [1.29, 1.82) is 5.26 Å². The van der Waals surface area contributed by atoms with Crippen molar-refractivity contribution in [1.82, 2.24) is 5.32 Å². The third kappa shape index (κ3) is 3.62. The zero-order valence-corrected chi connectivity index (χ0v) is 18.7. The molecule has 0 saturated heterocycles. The molecule has 0 bridgehead atoms. The van der Waals surface area contributed by atoms with E-state index >= 15 is 0 Å². The van der Waals surface area contributed by atoms with E-state index in [2.05, 4.69) is 32.6 Å². The Hall–Kier alpha value is -2.47. The van der Waals surface area contributed by atoms with Gasteiger partial charge in [0.1, 0.15) is 16.8 Å². The van der Waals surface area contributed by atoms with Crippen molar-refractivity contribution in [2.45, 2.75) is 19.3 Å². The molecule has 8 heteroatoms. The van der Waals surface area contributed by atoms with Crippen LogP contribution in [0.4, 0.5) is 5.00 Å². The standard InChI is InChI=1S/C21H16BrN3O2S2/c1-27-18-14(9-11-5-2-3-6-12(11)17(18)22)19(26)24-21(28)25-20-15(10-23)13-7-4-8-16(13)29-20/h2-3,5-6,9H,4,7-8H2,1H3,(H2,24,25,26,28). The first-order valence-electron chi connectivity index (χ1n) is 8.95. The minimum Gasteiger partial charge on any atom is -0.495 e. The second-order valence-corrected chi connectivity index (χ2v) is 8.88. The number of carbonyl (C=O) groups excluding carboxylic acids is 1. The summed E-state index contributed by atoms with van der Waals surface area (Å²) in [6.45, 7) is 0. The predicted octanol–water partition coefficient (Wildman–Crippen LogP) is 5.16. The largest absolute Gasteiger partial charge is 0.495 e. The summed E-state index contributed by atoms with van der Waals surface area (Å²) in [6.07, 6.45) is 2.98. The fourth-order valence-electron chi connectivity index (χ4n) is 3.57. The number of thiocarbonyl (C=S) groups is 1. The lowest BCUT2D eigenvalue weighted by atomic mass is 10.1. The number of hydrogen-bond donors (Lipinski definition) is 2. The number of thiophene rings is 1. The minimum absolute atomic E-state index is 0.151. The number of methoxy groups -OCH3 is 1. The summed E-state index contributed by atoms with van der Waals surface area (Å²) in [7, 11) is 1.52. The Labute approximate surface area is 185 Å². The monoisotopic (exact) mass is 485 g/mol. The van der Waals surface area contributed by atoms with Crippen LogP contribution in [0.15, 0.2) is 34.8 Å². The second-order valence-electron chi connectivity index (χ2n) is 6.57. The lowest BCUT2D eigenvalue weighted by Gasteiger charge is -2.14. The number of anilines is 1. The number of nitriles is 1. The molecule has 1 amide bonds. The van der Waals surface area contributed by atoms with Gasteiger partial charge in [-0.15, -0.1) is 11.3 Å². The topological polar surface area (TPSA) is 74.2 Å². The molecule has 1 aromatic heterocycles. The first kappa shape index (κ1) is 19.8. The van der Waals surface area contributed by atoms with Gasteiger partial charge in [0.25, 0.3) is 5.91 Å². The maximum absolute atomic E-state index is 12.9. The highest BCUT2D eigenvalue weighted by molar-refractivity contribution is 9.10. The number of rotatable bonds is 3. The molecule has 0 atom stereocenters. The first-order chi connectivity index (χ1) is 14.0. The Morgan fingerprint density at radius 1 is 1.34 bits per heavy atom. The number of ether oxygens (including phenoxy) is 1. The Bertz CT molecular complexity index is 1200. The highest BCUT2D eigenvalue weighted by Crippen LogP contribution is 2.39. The van der Waals surface area contributed by atoms with Gasteiger partial charge in [0.2, 0.25) is 0 Å². The molecular weight excluding hydrogens is 470 g/mol.